The highest BCUT2D eigenvalue weighted by Crippen LogP contribution is 2.45. The number of halogens is 2. The minimum Gasteiger partial charge on any atom is -0.394 e. The average molecular weight is 489 g/mol. The van der Waals surface area contributed by atoms with E-state index in [-0.39, 0.29) is 11.6 Å². The molecule has 1 aliphatic heterocycles. The van der Waals surface area contributed by atoms with E-state index in [1.165, 1.54) is 23.6 Å². The third-order valence-electron chi connectivity index (χ3n) is 5.45. The van der Waals surface area contributed by atoms with E-state index in [1.54, 1.807) is 18.2 Å². The van der Waals surface area contributed by atoms with Crippen LogP contribution in [0.15, 0.2) is 23.1 Å². The number of aromatic nitrogens is 3. The summed E-state index contributed by atoms with van der Waals surface area (Å²) in [6.45, 7) is -0.414. The number of thioether (sulfide) groups is 1. The normalized spacial score (nSPS) is 28.6. The smallest absolute Gasteiger partial charge is 0.271 e. The van der Waals surface area contributed by atoms with Crippen LogP contribution in [0.5, 0.6) is 0 Å². The predicted octanol–water partition coefficient (Wildman–Crippen LogP) is 1.99. The van der Waals surface area contributed by atoms with Crippen molar-refractivity contribution >= 4 is 40.9 Å². The van der Waals surface area contributed by atoms with Crippen molar-refractivity contribution in [2.45, 2.75) is 53.4 Å². The first-order valence-electron chi connectivity index (χ1n) is 9.69. The second kappa shape index (κ2) is 9.22. The van der Waals surface area contributed by atoms with Crippen LogP contribution in [0.25, 0.3) is 0 Å². The van der Waals surface area contributed by atoms with Gasteiger partial charge in [-0.2, -0.15) is 0 Å². The van der Waals surface area contributed by atoms with Crippen LogP contribution in [0.3, 0.4) is 0 Å². The topological polar surface area (TPSA) is 133 Å². The second-order valence-corrected chi connectivity index (χ2v) is 9.49. The Labute approximate surface area is 192 Å². The highest BCUT2D eigenvalue weighted by molar-refractivity contribution is 7.99. The van der Waals surface area contributed by atoms with Crippen molar-refractivity contribution in [3.63, 3.8) is 0 Å². The van der Waals surface area contributed by atoms with Crippen LogP contribution in [-0.4, -0.2) is 68.6 Å². The lowest BCUT2D eigenvalue weighted by Crippen LogP contribution is -2.56. The van der Waals surface area contributed by atoms with Crippen LogP contribution in [0.2, 0.25) is 10.0 Å². The largest absolute Gasteiger partial charge is 0.394 e. The molecule has 1 aromatic heterocycles. The second-order valence-electron chi connectivity index (χ2n) is 7.51. The summed E-state index contributed by atoms with van der Waals surface area (Å²) in [6, 6.07) is 4.41. The molecule has 1 amide bonds. The predicted molar refractivity (Wildman–Crippen MR) is 114 cm³/mol. The molecular weight excluding hydrogens is 467 g/mol. The Hall–Kier alpha value is -1.40. The van der Waals surface area contributed by atoms with Gasteiger partial charge in [0.2, 0.25) is 0 Å². The summed E-state index contributed by atoms with van der Waals surface area (Å²) in [6.07, 6.45) is -0.993. The van der Waals surface area contributed by atoms with Crippen LogP contribution >= 0.6 is 35.0 Å². The molecule has 2 heterocycles. The zero-order chi connectivity index (χ0) is 22.3. The molecule has 0 bridgehead atoms. The molecule has 4 N–H and O–H groups in total. The minimum atomic E-state index is -1.15. The third kappa shape index (κ3) is 4.43. The zero-order valence-corrected chi connectivity index (χ0v) is 18.8. The van der Waals surface area contributed by atoms with Gasteiger partial charge in [0.1, 0.15) is 29.8 Å². The number of ether oxygens (including phenoxy) is 2. The number of rotatable bonds is 7. The fourth-order valence-corrected chi connectivity index (χ4v) is 5.37. The van der Waals surface area contributed by atoms with Crippen molar-refractivity contribution in [2.75, 3.05) is 13.7 Å². The van der Waals surface area contributed by atoms with Gasteiger partial charge in [-0.05, 0) is 31.0 Å². The molecule has 2 fully saturated rings. The number of aliphatic hydroxyl groups excluding tert-OH is 2. The number of primary amides is 1. The molecule has 2 aliphatic rings. The van der Waals surface area contributed by atoms with E-state index in [1.807, 2.05) is 0 Å². The van der Waals surface area contributed by atoms with E-state index >= 15 is 0 Å². The minimum absolute atomic E-state index is 0.0822. The highest BCUT2D eigenvalue weighted by atomic mass is 35.5. The molecule has 5 atom stereocenters. The summed E-state index contributed by atoms with van der Waals surface area (Å²) in [7, 11) is 1.50. The van der Waals surface area contributed by atoms with Crippen LogP contribution in [0, 0.1) is 0 Å². The monoisotopic (exact) mass is 488 g/mol. The molecule has 1 aliphatic carbocycles. The number of carbonyl (C=O) groups excluding carboxylic acids is 1. The molecule has 1 saturated carbocycles. The molecule has 31 heavy (non-hydrogen) atoms. The van der Waals surface area contributed by atoms with Gasteiger partial charge < -0.3 is 25.4 Å². The molecular formula is C19H22Cl2N4O5S. The Bertz CT molecular complexity index is 973. The highest BCUT2D eigenvalue weighted by Gasteiger charge is 2.49. The van der Waals surface area contributed by atoms with Gasteiger partial charge in [-0.15, -0.1) is 5.10 Å². The fourth-order valence-electron chi connectivity index (χ4n) is 3.80. The first-order chi connectivity index (χ1) is 14.8. The molecule has 168 valence electrons. The van der Waals surface area contributed by atoms with Crippen molar-refractivity contribution < 1.29 is 24.5 Å². The average Bonchev–Trinajstić information content (AvgIpc) is 3.49. The summed E-state index contributed by atoms with van der Waals surface area (Å²) in [4.78, 5) is 12.7. The maximum absolute atomic E-state index is 11.9. The van der Waals surface area contributed by atoms with Gasteiger partial charge in [0, 0.05) is 17.9 Å². The van der Waals surface area contributed by atoms with E-state index in [2.05, 4.69) is 10.3 Å². The Morgan fingerprint density at radius 3 is 2.71 bits per heavy atom. The molecule has 2 aromatic rings. The number of amides is 1. The van der Waals surface area contributed by atoms with Gasteiger partial charge in [-0.25, -0.2) is 4.68 Å². The number of hydrogen-bond acceptors (Lipinski definition) is 8. The van der Waals surface area contributed by atoms with E-state index < -0.39 is 42.3 Å². The number of nitrogens with two attached hydrogens (primary N) is 1. The Kier molecular flexibility index (Phi) is 6.78. The Morgan fingerprint density at radius 1 is 1.39 bits per heavy atom. The van der Waals surface area contributed by atoms with Gasteiger partial charge in [0.25, 0.3) is 5.91 Å². The van der Waals surface area contributed by atoms with Crippen molar-refractivity contribution in [3.8, 4) is 0 Å². The Balaban J connectivity index is 1.72. The van der Waals surface area contributed by atoms with E-state index in [9.17, 15) is 15.0 Å². The Morgan fingerprint density at radius 2 is 2.13 bits per heavy atom. The maximum Gasteiger partial charge on any atom is 0.271 e. The van der Waals surface area contributed by atoms with E-state index in [0.717, 1.165) is 17.7 Å². The SMILES string of the molecule is CO[C@@H]1[C@@H](n2nnc(C(N)=O)c2C2CC2)[C@@H](O)[C@@H](CO)O[C@@H]1Sc1ccc(Cl)c(Cl)c1. The molecule has 4 rings (SSSR count). The fraction of sp³-hybridized carbons (Fsp3) is 0.526. The lowest BCUT2D eigenvalue weighted by molar-refractivity contribution is -0.186. The van der Waals surface area contributed by atoms with Gasteiger partial charge >= 0.3 is 0 Å². The van der Waals surface area contributed by atoms with Crippen LogP contribution < -0.4 is 5.73 Å². The third-order valence-corrected chi connectivity index (χ3v) is 7.33. The van der Waals surface area contributed by atoms with Crippen LogP contribution in [0.1, 0.15) is 41.0 Å². The molecule has 0 radical (unpaired) electrons. The molecule has 0 spiro atoms. The van der Waals surface area contributed by atoms with E-state index in [0.29, 0.717) is 15.7 Å². The molecule has 0 unspecified atom stereocenters. The maximum atomic E-state index is 11.9. The van der Waals surface area contributed by atoms with Crippen molar-refractivity contribution in [1.29, 1.82) is 0 Å². The van der Waals surface area contributed by atoms with Gasteiger partial charge in [-0.3, -0.25) is 4.79 Å². The summed E-state index contributed by atoms with van der Waals surface area (Å²) in [5.41, 5.74) is 5.54. The summed E-state index contributed by atoms with van der Waals surface area (Å²) < 4.78 is 13.2. The lowest BCUT2D eigenvalue weighted by Gasteiger charge is -2.43. The number of nitrogens with zero attached hydrogens (tertiary/aromatic N) is 3. The molecule has 1 saturated heterocycles. The van der Waals surface area contributed by atoms with Gasteiger partial charge in [-0.1, -0.05) is 40.2 Å². The van der Waals surface area contributed by atoms with Crippen molar-refractivity contribution in [3.05, 3.63) is 39.6 Å². The zero-order valence-electron chi connectivity index (χ0n) is 16.5. The molecule has 1 aromatic carbocycles. The quantitative estimate of drug-likeness (QED) is 0.538. The first kappa shape index (κ1) is 22.8. The lowest BCUT2D eigenvalue weighted by atomic mass is 9.96. The van der Waals surface area contributed by atoms with Crippen LogP contribution in [-0.2, 0) is 9.47 Å². The number of hydrogen-bond donors (Lipinski definition) is 3. The van der Waals surface area contributed by atoms with Crippen molar-refractivity contribution in [2.24, 2.45) is 5.73 Å². The number of carbonyl (C=O) groups is 1. The van der Waals surface area contributed by atoms with Gasteiger partial charge in [0.05, 0.1) is 22.3 Å². The van der Waals surface area contributed by atoms with Crippen molar-refractivity contribution in [1.82, 2.24) is 15.0 Å². The number of methoxy groups -OCH3 is 1. The summed E-state index contributed by atoms with van der Waals surface area (Å²) in [5.74, 6) is -0.595. The molecule has 9 nitrogen and oxygen atoms in total. The standard InChI is InChI=1S/C19H22Cl2N4O5S/c1-29-17-15(25-14(8-2-3-8)13(18(22)28)23-24-25)16(27)12(7-26)30-19(17)31-9-4-5-10(20)11(21)6-9/h4-6,8,12,15-17,19,26-27H,2-3,7H2,1H3,(H2,22,28)/t12-,15+,16+,17-,19-/m1/s1. The summed E-state index contributed by atoms with van der Waals surface area (Å²) >= 11 is 13.5. The molecule has 12 heteroatoms. The van der Waals surface area contributed by atoms with Crippen LogP contribution in [0.4, 0.5) is 0 Å². The summed E-state index contributed by atoms with van der Waals surface area (Å²) in [5, 5.41) is 29.8. The number of benzene rings is 1. The van der Waals surface area contributed by atoms with Gasteiger partial charge in [0.15, 0.2) is 5.69 Å². The van der Waals surface area contributed by atoms with E-state index in [4.69, 9.17) is 38.4 Å². The number of aliphatic hydroxyl groups is 2. The first-order valence-corrected chi connectivity index (χ1v) is 11.3.